The first-order valence-electron chi connectivity index (χ1n) is 13.2. The van der Waals surface area contributed by atoms with Gasteiger partial charge in [0.1, 0.15) is 11.3 Å². The third kappa shape index (κ3) is 5.57. The molecule has 202 valence electrons. The summed E-state index contributed by atoms with van der Waals surface area (Å²) < 4.78 is 0. The zero-order chi connectivity index (χ0) is 27.5. The Morgan fingerprint density at radius 3 is 2.60 bits per heavy atom. The number of nitrogens with zero attached hydrogens (tertiary/aromatic N) is 4. The van der Waals surface area contributed by atoms with Crippen LogP contribution in [-0.4, -0.2) is 65.9 Å². The highest BCUT2D eigenvalue weighted by Gasteiger charge is 2.21. The molecule has 4 N–H and O–H groups in total. The van der Waals surface area contributed by atoms with Crippen molar-refractivity contribution < 1.29 is 9.59 Å². The van der Waals surface area contributed by atoms with E-state index >= 15 is 0 Å². The van der Waals surface area contributed by atoms with E-state index in [-0.39, 0.29) is 17.5 Å². The predicted molar refractivity (Wildman–Crippen MR) is 157 cm³/mol. The largest absolute Gasteiger partial charge is 0.369 e. The van der Waals surface area contributed by atoms with Gasteiger partial charge in [0.05, 0.1) is 11.9 Å². The van der Waals surface area contributed by atoms with Crippen molar-refractivity contribution in [2.75, 3.05) is 43.4 Å². The number of hydrogen-bond acceptors (Lipinski definition) is 7. The van der Waals surface area contributed by atoms with Crippen molar-refractivity contribution in [3.05, 3.63) is 95.4 Å². The summed E-state index contributed by atoms with van der Waals surface area (Å²) in [5, 5.41) is 9.62. The van der Waals surface area contributed by atoms with Crippen LogP contribution in [-0.2, 0) is 11.3 Å². The van der Waals surface area contributed by atoms with E-state index in [4.69, 9.17) is 0 Å². The highest BCUT2D eigenvalue weighted by Crippen LogP contribution is 2.24. The summed E-state index contributed by atoms with van der Waals surface area (Å²) >= 11 is 0. The van der Waals surface area contributed by atoms with Crippen molar-refractivity contribution in [1.29, 1.82) is 0 Å². The van der Waals surface area contributed by atoms with Crippen LogP contribution in [0.3, 0.4) is 0 Å². The first-order valence-corrected chi connectivity index (χ1v) is 13.2. The minimum Gasteiger partial charge on any atom is -0.369 e. The summed E-state index contributed by atoms with van der Waals surface area (Å²) in [4.78, 5) is 42.1. The normalized spacial score (nSPS) is 16.7. The standard InChI is InChI=1S/C30H30N8O2/c1-37-11-13-38(14-12-37)24-9-7-21(8-10-24)28(39)34-23-16-25-22(18-31-27(25)32-19-23)15-26-29(40)36-30(35-26)33-17-20-5-3-2-4-6-20/h2-10,15-16,18-19H,11-14,17H2,1H3,(H,31,32)(H,34,39)(H2,33,35,36,40)/b26-15+. The number of carbonyl (C=O) groups excluding carboxylic acids is 2. The molecule has 6 rings (SSSR count). The molecule has 0 unspecified atom stereocenters. The Kier molecular flexibility index (Phi) is 6.98. The lowest BCUT2D eigenvalue weighted by Crippen LogP contribution is -2.44. The minimum atomic E-state index is -0.289. The number of fused-ring (bicyclic) bond motifs is 1. The van der Waals surface area contributed by atoms with Crippen molar-refractivity contribution >= 4 is 46.3 Å². The number of guanidine groups is 1. The van der Waals surface area contributed by atoms with E-state index in [0.29, 0.717) is 29.4 Å². The molecular formula is C30H30N8O2. The lowest BCUT2D eigenvalue weighted by atomic mass is 10.1. The molecule has 0 atom stereocenters. The van der Waals surface area contributed by atoms with Crippen LogP contribution in [0.2, 0.25) is 0 Å². The number of hydrogen-bond donors (Lipinski definition) is 4. The van der Waals surface area contributed by atoms with Crippen LogP contribution < -0.4 is 20.9 Å². The second-order valence-electron chi connectivity index (χ2n) is 9.94. The average molecular weight is 535 g/mol. The number of aliphatic imine (C=N–C) groups is 1. The molecule has 1 fully saturated rings. The number of likely N-dealkylation sites (N-methyl/N-ethyl adjacent to an activating group) is 1. The van der Waals surface area contributed by atoms with Crippen LogP contribution >= 0.6 is 0 Å². The van der Waals surface area contributed by atoms with Gasteiger partial charge in [0.25, 0.3) is 11.8 Å². The maximum absolute atomic E-state index is 13.0. The SMILES string of the molecule is CN1CCN(c2ccc(C(=O)Nc3cnc4[nH]cc(/C=C5/N=C(NCc6ccccc6)NC5=O)c4c3)cc2)CC1. The number of H-pyrrole nitrogens is 1. The first kappa shape index (κ1) is 25.3. The van der Waals surface area contributed by atoms with Gasteiger partial charge in [0.15, 0.2) is 0 Å². The van der Waals surface area contributed by atoms with Gasteiger partial charge in [-0.1, -0.05) is 30.3 Å². The first-order chi connectivity index (χ1) is 19.5. The minimum absolute atomic E-state index is 0.213. The number of aromatic amines is 1. The Bertz CT molecular complexity index is 1600. The number of nitrogens with one attached hydrogen (secondary N) is 4. The fourth-order valence-electron chi connectivity index (χ4n) is 4.78. The highest BCUT2D eigenvalue weighted by atomic mass is 16.2. The summed E-state index contributed by atoms with van der Waals surface area (Å²) in [6, 6.07) is 19.4. The van der Waals surface area contributed by atoms with Gasteiger partial charge in [-0.2, -0.15) is 0 Å². The molecule has 10 nitrogen and oxygen atoms in total. The topological polar surface area (TPSA) is 118 Å². The summed E-state index contributed by atoms with van der Waals surface area (Å²) in [6.07, 6.45) is 5.08. The van der Waals surface area contributed by atoms with Gasteiger partial charge >= 0.3 is 0 Å². The Morgan fingerprint density at radius 1 is 1.05 bits per heavy atom. The number of piperazine rings is 1. The van der Waals surface area contributed by atoms with E-state index in [2.05, 4.69) is 47.8 Å². The summed E-state index contributed by atoms with van der Waals surface area (Å²) in [6.45, 7) is 4.55. The number of benzene rings is 2. The van der Waals surface area contributed by atoms with Crippen LogP contribution in [0.25, 0.3) is 17.1 Å². The third-order valence-electron chi connectivity index (χ3n) is 7.11. The van der Waals surface area contributed by atoms with Crippen LogP contribution in [0.15, 0.2) is 83.7 Å². The molecule has 2 aromatic carbocycles. The smallest absolute Gasteiger partial charge is 0.276 e. The molecule has 0 radical (unpaired) electrons. The molecule has 40 heavy (non-hydrogen) atoms. The van der Waals surface area contributed by atoms with Gasteiger partial charge in [0.2, 0.25) is 5.96 Å². The maximum Gasteiger partial charge on any atom is 0.276 e. The monoisotopic (exact) mass is 534 g/mol. The van der Waals surface area contributed by atoms with Gasteiger partial charge in [-0.25, -0.2) is 9.98 Å². The molecule has 0 saturated carbocycles. The third-order valence-corrected chi connectivity index (χ3v) is 7.11. The highest BCUT2D eigenvalue weighted by molar-refractivity contribution is 6.14. The number of anilines is 2. The molecule has 0 spiro atoms. The Hall–Kier alpha value is -4.96. The molecule has 0 aliphatic carbocycles. The Balaban J connectivity index is 1.14. The second kappa shape index (κ2) is 11.0. The van der Waals surface area contributed by atoms with Crippen molar-refractivity contribution in [3.63, 3.8) is 0 Å². The number of amides is 2. The van der Waals surface area contributed by atoms with Crippen LogP contribution in [0.1, 0.15) is 21.5 Å². The van der Waals surface area contributed by atoms with Crippen molar-refractivity contribution in [2.24, 2.45) is 4.99 Å². The zero-order valence-corrected chi connectivity index (χ0v) is 22.1. The molecule has 2 amide bonds. The number of aromatic nitrogens is 2. The van der Waals surface area contributed by atoms with Crippen LogP contribution in [0.5, 0.6) is 0 Å². The van der Waals surface area contributed by atoms with E-state index in [9.17, 15) is 9.59 Å². The van der Waals surface area contributed by atoms with E-state index in [1.165, 1.54) is 0 Å². The maximum atomic E-state index is 13.0. The quantitative estimate of drug-likeness (QED) is 0.282. The van der Waals surface area contributed by atoms with Gasteiger partial charge in [-0.3, -0.25) is 14.9 Å². The Morgan fingerprint density at radius 2 is 1.82 bits per heavy atom. The number of carbonyl (C=O) groups is 2. The van der Waals surface area contributed by atoms with Gasteiger partial charge in [0, 0.05) is 61.1 Å². The van der Waals surface area contributed by atoms with E-state index in [1.54, 1.807) is 18.5 Å². The average Bonchev–Trinajstić information content (AvgIpc) is 3.55. The van der Waals surface area contributed by atoms with Crippen molar-refractivity contribution in [1.82, 2.24) is 25.5 Å². The molecule has 4 heterocycles. The molecule has 10 heteroatoms. The van der Waals surface area contributed by atoms with E-state index in [0.717, 1.165) is 48.4 Å². The van der Waals surface area contributed by atoms with E-state index < -0.39 is 0 Å². The fourth-order valence-corrected chi connectivity index (χ4v) is 4.78. The Labute approximate surface area is 231 Å². The molecule has 2 aliphatic rings. The summed E-state index contributed by atoms with van der Waals surface area (Å²) in [5.41, 5.74) is 5.01. The fraction of sp³-hybridized carbons (Fsp3) is 0.200. The zero-order valence-electron chi connectivity index (χ0n) is 22.1. The predicted octanol–water partition coefficient (Wildman–Crippen LogP) is 3.18. The lowest BCUT2D eigenvalue weighted by Gasteiger charge is -2.34. The van der Waals surface area contributed by atoms with Crippen LogP contribution in [0, 0.1) is 0 Å². The van der Waals surface area contributed by atoms with Crippen molar-refractivity contribution in [3.8, 4) is 0 Å². The lowest BCUT2D eigenvalue weighted by molar-refractivity contribution is -0.115. The molecule has 1 saturated heterocycles. The molecule has 2 aromatic heterocycles. The van der Waals surface area contributed by atoms with Crippen molar-refractivity contribution in [2.45, 2.75) is 6.54 Å². The molecule has 0 bridgehead atoms. The second-order valence-corrected chi connectivity index (χ2v) is 9.94. The summed E-state index contributed by atoms with van der Waals surface area (Å²) in [7, 11) is 2.13. The number of rotatable bonds is 6. The van der Waals surface area contributed by atoms with Gasteiger partial charge < -0.3 is 25.4 Å². The van der Waals surface area contributed by atoms with Gasteiger partial charge in [-0.05, 0) is 49.0 Å². The molecule has 4 aromatic rings. The number of pyridine rings is 1. The molecule has 2 aliphatic heterocycles. The van der Waals surface area contributed by atoms with Gasteiger partial charge in [-0.15, -0.1) is 0 Å². The summed E-state index contributed by atoms with van der Waals surface area (Å²) in [5.74, 6) is -0.0950. The van der Waals surface area contributed by atoms with Crippen LogP contribution in [0.4, 0.5) is 11.4 Å². The molecular weight excluding hydrogens is 504 g/mol. The van der Waals surface area contributed by atoms with E-state index in [1.807, 2.05) is 60.7 Å².